The first-order chi connectivity index (χ1) is 9.72. The Hall–Kier alpha value is -1.94. The standard InChI is InChI=1S/C16H13BrN2O/c17-14-8-4-7-13(9-14)15-10-16(20)18-19(15)11-12-5-2-1-3-6-12/h1-9,11,15H,10H2/p+1/b19-11-/t15-/m0/s1. The van der Waals surface area contributed by atoms with Crippen LogP contribution < -0.4 is 5.43 Å². The minimum atomic E-state index is 0.0280. The molecule has 20 heavy (non-hydrogen) atoms. The zero-order chi connectivity index (χ0) is 13.9. The average Bonchev–Trinajstić information content (AvgIpc) is 2.81. The van der Waals surface area contributed by atoms with Crippen molar-refractivity contribution in [1.29, 1.82) is 0 Å². The monoisotopic (exact) mass is 329 g/mol. The predicted molar refractivity (Wildman–Crippen MR) is 81.5 cm³/mol. The van der Waals surface area contributed by atoms with Crippen LogP contribution in [-0.2, 0) is 4.79 Å². The summed E-state index contributed by atoms with van der Waals surface area (Å²) in [6.07, 6.45) is 2.44. The highest BCUT2D eigenvalue weighted by molar-refractivity contribution is 9.10. The number of benzene rings is 2. The number of hydrogen-bond acceptors (Lipinski definition) is 1. The van der Waals surface area contributed by atoms with Crippen LogP contribution in [0.1, 0.15) is 23.6 Å². The predicted octanol–water partition coefficient (Wildman–Crippen LogP) is 3.06. The van der Waals surface area contributed by atoms with Crippen LogP contribution in [-0.4, -0.2) is 16.8 Å². The van der Waals surface area contributed by atoms with Crippen LogP contribution in [0, 0.1) is 0 Å². The smallest absolute Gasteiger partial charge is 0.269 e. The Morgan fingerprint density at radius 3 is 2.70 bits per heavy atom. The molecule has 0 saturated carbocycles. The molecular formula is C16H14BrN2O+. The number of nitrogens with zero attached hydrogens (tertiary/aromatic N) is 1. The minimum Gasteiger partial charge on any atom is -0.269 e. The number of carbonyl (C=O) groups excluding carboxylic acids is 1. The second kappa shape index (κ2) is 5.59. The van der Waals surface area contributed by atoms with Crippen molar-refractivity contribution in [3.8, 4) is 0 Å². The Kier molecular flexibility index (Phi) is 3.65. The maximum atomic E-state index is 11.7. The number of hydrazone groups is 1. The number of hydrazine groups is 1. The fourth-order valence-electron chi connectivity index (χ4n) is 2.36. The number of nitrogens with one attached hydrogen (secondary N) is 1. The van der Waals surface area contributed by atoms with Crippen molar-refractivity contribution in [2.24, 2.45) is 0 Å². The van der Waals surface area contributed by atoms with E-state index < -0.39 is 0 Å². The molecule has 1 saturated heterocycles. The molecule has 1 heterocycles. The van der Waals surface area contributed by atoms with Crippen molar-refractivity contribution in [3.05, 3.63) is 70.2 Å². The Morgan fingerprint density at radius 2 is 1.95 bits per heavy atom. The van der Waals surface area contributed by atoms with Crippen LogP contribution in [0.15, 0.2) is 59.1 Å². The van der Waals surface area contributed by atoms with Crippen LogP contribution in [0.25, 0.3) is 0 Å². The fourth-order valence-corrected chi connectivity index (χ4v) is 2.77. The SMILES string of the molecule is O=C1C[C@@H](c2cccc(Br)c2)/[N+](=C/c2ccccc2)N1. The zero-order valence-electron chi connectivity index (χ0n) is 10.8. The van der Waals surface area contributed by atoms with Gasteiger partial charge in [0, 0.05) is 15.6 Å². The number of hydrogen-bond donors (Lipinski definition) is 1. The van der Waals surface area contributed by atoms with Gasteiger partial charge < -0.3 is 0 Å². The van der Waals surface area contributed by atoms with Crippen molar-refractivity contribution in [1.82, 2.24) is 5.43 Å². The van der Waals surface area contributed by atoms with Gasteiger partial charge in [-0.1, -0.05) is 46.3 Å². The van der Waals surface area contributed by atoms with Crippen molar-refractivity contribution in [3.63, 3.8) is 0 Å². The molecule has 3 nitrogen and oxygen atoms in total. The maximum Gasteiger partial charge on any atom is 0.281 e. The van der Waals surface area contributed by atoms with E-state index >= 15 is 0 Å². The van der Waals surface area contributed by atoms with Crippen LogP contribution in [0.4, 0.5) is 0 Å². The van der Waals surface area contributed by atoms with E-state index in [9.17, 15) is 4.79 Å². The normalized spacial score (nSPS) is 20.1. The Morgan fingerprint density at radius 1 is 1.15 bits per heavy atom. The van der Waals surface area contributed by atoms with Crippen LogP contribution in [0.3, 0.4) is 0 Å². The third-order valence-corrected chi connectivity index (χ3v) is 3.78. The first-order valence-corrected chi connectivity index (χ1v) is 7.25. The van der Waals surface area contributed by atoms with E-state index in [0.717, 1.165) is 15.6 Å². The van der Waals surface area contributed by atoms with Crippen LogP contribution >= 0.6 is 15.9 Å². The molecular weight excluding hydrogens is 316 g/mol. The summed E-state index contributed by atoms with van der Waals surface area (Å²) in [6, 6.07) is 18.1. The highest BCUT2D eigenvalue weighted by atomic mass is 79.9. The van der Waals surface area contributed by atoms with E-state index in [-0.39, 0.29) is 11.9 Å². The van der Waals surface area contributed by atoms with Gasteiger partial charge in [0.2, 0.25) is 12.3 Å². The van der Waals surface area contributed by atoms with E-state index in [1.807, 2.05) is 59.4 Å². The number of halogens is 1. The van der Waals surface area contributed by atoms with Crippen LogP contribution in [0.2, 0.25) is 0 Å². The van der Waals surface area contributed by atoms with Gasteiger partial charge in [0.1, 0.15) is 6.42 Å². The Balaban J connectivity index is 1.97. The fraction of sp³-hybridized carbons (Fsp3) is 0.125. The lowest BCUT2D eigenvalue weighted by Crippen LogP contribution is -2.26. The number of amides is 1. The number of rotatable bonds is 2. The van der Waals surface area contributed by atoms with Gasteiger partial charge in [-0.3, -0.25) is 4.79 Å². The third kappa shape index (κ3) is 2.80. The summed E-state index contributed by atoms with van der Waals surface area (Å²) >= 11 is 3.48. The van der Waals surface area contributed by atoms with E-state index in [4.69, 9.17) is 0 Å². The van der Waals surface area contributed by atoms with Crippen molar-refractivity contribution in [2.45, 2.75) is 12.5 Å². The summed E-state index contributed by atoms with van der Waals surface area (Å²) in [4.78, 5) is 11.7. The summed E-state index contributed by atoms with van der Waals surface area (Å²) in [5, 5.41) is 0. The molecule has 0 radical (unpaired) electrons. The van der Waals surface area contributed by atoms with Gasteiger partial charge in [-0.15, -0.1) is 10.1 Å². The molecule has 1 aliphatic rings. The van der Waals surface area contributed by atoms with Gasteiger partial charge >= 0.3 is 0 Å². The summed E-state index contributed by atoms with van der Waals surface area (Å²) in [6.45, 7) is 0. The molecule has 4 heteroatoms. The quantitative estimate of drug-likeness (QED) is 0.844. The lowest BCUT2D eigenvalue weighted by atomic mass is 10.1. The summed E-state index contributed by atoms with van der Waals surface area (Å²) in [5.41, 5.74) is 5.07. The molecule has 3 rings (SSSR count). The van der Waals surface area contributed by atoms with E-state index in [0.29, 0.717) is 6.42 Å². The molecule has 0 bridgehead atoms. The van der Waals surface area contributed by atoms with Gasteiger partial charge in [-0.2, -0.15) is 0 Å². The minimum absolute atomic E-state index is 0.0280. The lowest BCUT2D eigenvalue weighted by Gasteiger charge is -2.06. The molecule has 2 aromatic carbocycles. The molecule has 1 atom stereocenters. The molecule has 1 amide bonds. The van der Waals surface area contributed by atoms with Gasteiger partial charge in [-0.25, -0.2) is 0 Å². The average molecular weight is 330 g/mol. The van der Waals surface area contributed by atoms with Crippen molar-refractivity contribution < 1.29 is 9.48 Å². The van der Waals surface area contributed by atoms with Crippen LogP contribution in [0.5, 0.6) is 0 Å². The second-order valence-corrected chi connectivity index (χ2v) is 5.67. The molecule has 1 fully saturated rings. The molecule has 2 aromatic rings. The first kappa shape index (κ1) is 13.1. The van der Waals surface area contributed by atoms with E-state index in [2.05, 4.69) is 27.4 Å². The number of carbonyl (C=O) groups is 1. The second-order valence-electron chi connectivity index (χ2n) is 4.76. The third-order valence-electron chi connectivity index (χ3n) is 3.29. The Bertz CT molecular complexity index is 667. The Labute approximate surface area is 126 Å². The van der Waals surface area contributed by atoms with Gasteiger partial charge in [0.15, 0.2) is 0 Å². The maximum absolute atomic E-state index is 11.7. The molecule has 0 unspecified atom stereocenters. The van der Waals surface area contributed by atoms with Gasteiger partial charge in [0.25, 0.3) is 5.91 Å². The van der Waals surface area contributed by atoms with Crippen molar-refractivity contribution in [2.75, 3.05) is 0 Å². The molecule has 1 aliphatic heterocycles. The summed E-state index contributed by atoms with van der Waals surface area (Å²) < 4.78 is 2.91. The summed E-state index contributed by atoms with van der Waals surface area (Å²) in [7, 11) is 0. The topological polar surface area (TPSA) is 32.1 Å². The molecule has 1 N–H and O–H groups in total. The highest BCUT2D eigenvalue weighted by Gasteiger charge is 2.35. The van der Waals surface area contributed by atoms with E-state index in [1.165, 1.54) is 0 Å². The molecule has 0 spiro atoms. The summed E-state index contributed by atoms with van der Waals surface area (Å²) in [5.74, 6) is 0.0437. The van der Waals surface area contributed by atoms with Crippen molar-refractivity contribution >= 4 is 28.1 Å². The zero-order valence-corrected chi connectivity index (χ0v) is 12.4. The molecule has 0 aromatic heterocycles. The highest BCUT2D eigenvalue weighted by Crippen LogP contribution is 2.26. The molecule has 100 valence electrons. The van der Waals surface area contributed by atoms with Gasteiger partial charge in [-0.05, 0) is 24.3 Å². The molecule has 0 aliphatic carbocycles. The van der Waals surface area contributed by atoms with E-state index in [1.54, 1.807) is 0 Å². The first-order valence-electron chi connectivity index (χ1n) is 6.45. The largest absolute Gasteiger partial charge is 0.281 e. The van der Waals surface area contributed by atoms with Gasteiger partial charge in [0.05, 0.1) is 0 Å². The lowest BCUT2D eigenvalue weighted by molar-refractivity contribution is -0.594.